The van der Waals surface area contributed by atoms with E-state index < -0.39 is 10.0 Å². The van der Waals surface area contributed by atoms with Crippen LogP contribution in [0.4, 0.5) is 10.8 Å². The van der Waals surface area contributed by atoms with Crippen LogP contribution in [0.3, 0.4) is 0 Å². The molecule has 7 nitrogen and oxygen atoms in total. The highest BCUT2D eigenvalue weighted by Gasteiger charge is 2.16. The van der Waals surface area contributed by atoms with Gasteiger partial charge in [-0.3, -0.25) is 4.79 Å². The van der Waals surface area contributed by atoms with Gasteiger partial charge in [0.05, 0.1) is 23.1 Å². The standard InChI is InChI=1S/C25H23N3O4S2/c1-17-5-3-4-6-22(17)24(29)23-16-26-25(33-23)28-19-9-7-18(8-10-19)15-27-34(30,31)21-13-11-20(32-2)12-14-21/h3-14,16,27H,15H2,1-2H3,(H,26,28). The number of thiazole rings is 1. The Kier molecular flexibility index (Phi) is 7.06. The molecular weight excluding hydrogens is 470 g/mol. The molecule has 3 aromatic carbocycles. The molecule has 2 N–H and O–H groups in total. The van der Waals surface area contributed by atoms with Crippen LogP contribution < -0.4 is 14.8 Å². The van der Waals surface area contributed by atoms with Crippen LogP contribution in [0.25, 0.3) is 0 Å². The highest BCUT2D eigenvalue weighted by atomic mass is 32.2. The van der Waals surface area contributed by atoms with Crippen LogP contribution in [0.1, 0.15) is 26.4 Å². The number of carbonyl (C=O) groups excluding carboxylic acids is 1. The Balaban J connectivity index is 1.37. The molecule has 0 aliphatic carbocycles. The van der Waals surface area contributed by atoms with Crippen LogP contribution in [-0.2, 0) is 16.6 Å². The summed E-state index contributed by atoms with van der Waals surface area (Å²) in [5.74, 6) is 0.539. The summed E-state index contributed by atoms with van der Waals surface area (Å²) in [5.41, 5.74) is 3.18. The van der Waals surface area contributed by atoms with Gasteiger partial charge in [0.15, 0.2) is 5.13 Å². The van der Waals surface area contributed by atoms with Gasteiger partial charge in [-0.2, -0.15) is 0 Å². The number of anilines is 2. The van der Waals surface area contributed by atoms with E-state index in [1.165, 1.54) is 30.6 Å². The lowest BCUT2D eigenvalue weighted by molar-refractivity contribution is 0.104. The molecule has 0 atom stereocenters. The van der Waals surface area contributed by atoms with Crippen molar-refractivity contribution in [3.8, 4) is 5.75 Å². The normalized spacial score (nSPS) is 11.2. The van der Waals surface area contributed by atoms with Crippen LogP contribution in [0.15, 0.2) is 83.9 Å². The van der Waals surface area contributed by atoms with E-state index in [0.29, 0.717) is 21.3 Å². The third-order valence-corrected chi connectivity index (χ3v) is 7.49. The maximum atomic E-state index is 12.7. The Morgan fingerprint density at radius 3 is 2.38 bits per heavy atom. The molecule has 0 saturated heterocycles. The Hall–Kier alpha value is -3.53. The maximum absolute atomic E-state index is 12.7. The predicted molar refractivity (Wildman–Crippen MR) is 133 cm³/mol. The van der Waals surface area contributed by atoms with Crippen molar-refractivity contribution in [2.45, 2.75) is 18.4 Å². The number of methoxy groups -OCH3 is 1. The minimum absolute atomic E-state index is 0.0526. The van der Waals surface area contributed by atoms with Gasteiger partial charge in [0.25, 0.3) is 0 Å². The molecule has 0 bridgehead atoms. The van der Waals surface area contributed by atoms with E-state index in [9.17, 15) is 13.2 Å². The molecule has 0 amide bonds. The zero-order valence-corrected chi connectivity index (χ0v) is 20.2. The van der Waals surface area contributed by atoms with Crippen LogP contribution in [-0.4, -0.2) is 26.3 Å². The number of aryl methyl sites for hydroxylation is 1. The Morgan fingerprint density at radius 1 is 1.00 bits per heavy atom. The Labute approximate surface area is 202 Å². The van der Waals surface area contributed by atoms with Gasteiger partial charge in [0.1, 0.15) is 5.75 Å². The lowest BCUT2D eigenvalue weighted by atomic mass is 10.0. The van der Waals surface area contributed by atoms with Gasteiger partial charge in [-0.1, -0.05) is 47.7 Å². The highest BCUT2D eigenvalue weighted by Crippen LogP contribution is 2.26. The molecular formula is C25H23N3O4S2. The molecule has 4 aromatic rings. The summed E-state index contributed by atoms with van der Waals surface area (Å²) in [4.78, 5) is 17.8. The number of aromatic nitrogens is 1. The lowest BCUT2D eigenvalue weighted by Gasteiger charge is -2.09. The highest BCUT2D eigenvalue weighted by molar-refractivity contribution is 7.89. The van der Waals surface area contributed by atoms with Crippen molar-refractivity contribution in [2.24, 2.45) is 0 Å². The minimum atomic E-state index is -3.64. The minimum Gasteiger partial charge on any atom is -0.497 e. The molecule has 0 aliphatic rings. The first-order valence-electron chi connectivity index (χ1n) is 10.4. The van der Waals surface area contributed by atoms with Gasteiger partial charge < -0.3 is 10.1 Å². The summed E-state index contributed by atoms with van der Waals surface area (Å²) in [6.45, 7) is 2.06. The third-order valence-electron chi connectivity index (χ3n) is 5.16. The molecule has 9 heteroatoms. The number of ketones is 1. The van der Waals surface area contributed by atoms with E-state index in [1.807, 2.05) is 55.5 Å². The number of sulfonamides is 1. The number of ether oxygens (including phenoxy) is 1. The number of hydrogen-bond acceptors (Lipinski definition) is 7. The molecule has 0 radical (unpaired) electrons. The van der Waals surface area contributed by atoms with Crippen molar-refractivity contribution >= 4 is 38.0 Å². The summed E-state index contributed by atoms with van der Waals surface area (Å²) < 4.78 is 32.6. The molecule has 34 heavy (non-hydrogen) atoms. The second-order valence-corrected chi connectivity index (χ2v) is 10.3. The molecule has 4 rings (SSSR count). The van der Waals surface area contributed by atoms with Gasteiger partial charge in [-0.25, -0.2) is 18.1 Å². The first kappa shape index (κ1) is 23.6. The van der Waals surface area contributed by atoms with Crippen LogP contribution in [0.2, 0.25) is 0 Å². The monoisotopic (exact) mass is 493 g/mol. The van der Waals surface area contributed by atoms with Crippen LogP contribution >= 0.6 is 11.3 Å². The number of carbonyl (C=O) groups is 1. The number of hydrogen-bond donors (Lipinski definition) is 2. The van der Waals surface area contributed by atoms with Crippen LogP contribution in [0, 0.1) is 6.92 Å². The van der Waals surface area contributed by atoms with E-state index in [4.69, 9.17) is 4.74 Å². The van der Waals surface area contributed by atoms with Crippen LogP contribution in [0.5, 0.6) is 5.75 Å². The number of nitrogens with one attached hydrogen (secondary N) is 2. The van der Waals surface area contributed by atoms with Gasteiger partial charge >= 0.3 is 0 Å². The topological polar surface area (TPSA) is 97.4 Å². The molecule has 0 saturated carbocycles. The second kappa shape index (κ2) is 10.2. The van der Waals surface area contributed by atoms with Gasteiger partial charge in [-0.05, 0) is 54.4 Å². The van der Waals surface area contributed by atoms with Gasteiger partial charge in [0, 0.05) is 17.8 Å². The SMILES string of the molecule is COc1ccc(S(=O)(=O)NCc2ccc(Nc3ncc(C(=O)c4ccccc4C)s3)cc2)cc1. The van der Waals surface area contributed by atoms with Gasteiger partial charge in [0.2, 0.25) is 15.8 Å². The molecule has 0 aliphatic heterocycles. The number of nitrogens with zero attached hydrogens (tertiary/aromatic N) is 1. The molecule has 0 spiro atoms. The van der Waals surface area contributed by atoms with E-state index in [-0.39, 0.29) is 17.2 Å². The lowest BCUT2D eigenvalue weighted by Crippen LogP contribution is -2.23. The van der Waals surface area contributed by atoms with E-state index >= 15 is 0 Å². The smallest absolute Gasteiger partial charge is 0.240 e. The van der Waals surface area contributed by atoms with Crippen molar-refractivity contribution in [1.82, 2.24) is 9.71 Å². The first-order valence-corrected chi connectivity index (χ1v) is 12.7. The zero-order valence-electron chi connectivity index (χ0n) is 18.6. The average molecular weight is 494 g/mol. The molecule has 174 valence electrons. The molecule has 1 aromatic heterocycles. The number of rotatable bonds is 9. The fourth-order valence-electron chi connectivity index (χ4n) is 3.24. The van der Waals surface area contributed by atoms with E-state index in [1.54, 1.807) is 18.3 Å². The molecule has 1 heterocycles. The molecule has 0 fully saturated rings. The quantitative estimate of drug-likeness (QED) is 0.322. The van der Waals surface area contributed by atoms with Gasteiger partial charge in [-0.15, -0.1) is 0 Å². The summed E-state index contributed by atoms with van der Waals surface area (Å²) in [6, 6.07) is 21.0. The second-order valence-electron chi connectivity index (χ2n) is 7.50. The largest absolute Gasteiger partial charge is 0.497 e. The zero-order chi connectivity index (χ0) is 24.1. The fourth-order valence-corrected chi connectivity index (χ4v) is 5.05. The summed E-state index contributed by atoms with van der Waals surface area (Å²) in [5, 5.41) is 3.79. The fraction of sp³-hybridized carbons (Fsp3) is 0.120. The Morgan fingerprint density at radius 2 is 1.71 bits per heavy atom. The van der Waals surface area contributed by atoms with E-state index in [2.05, 4.69) is 15.0 Å². The van der Waals surface area contributed by atoms with Crippen molar-refractivity contribution in [3.63, 3.8) is 0 Å². The average Bonchev–Trinajstić information content (AvgIpc) is 3.32. The van der Waals surface area contributed by atoms with E-state index in [0.717, 1.165) is 16.8 Å². The summed E-state index contributed by atoms with van der Waals surface area (Å²) >= 11 is 1.29. The maximum Gasteiger partial charge on any atom is 0.240 e. The van der Waals surface area contributed by atoms with Crippen molar-refractivity contribution in [1.29, 1.82) is 0 Å². The third kappa shape index (κ3) is 5.51. The summed E-state index contributed by atoms with van der Waals surface area (Å²) in [7, 11) is -2.11. The van der Waals surface area contributed by atoms with Crippen molar-refractivity contribution in [2.75, 3.05) is 12.4 Å². The Bertz CT molecular complexity index is 1400. The first-order chi connectivity index (χ1) is 16.4. The predicted octanol–water partition coefficient (Wildman–Crippen LogP) is 4.91. The van der Waals surface area contributed by atoms with Crippen molar-refractivity contribution < 1.29 is 17.9 Å². The van der Waals surface area contributed by atoms with Crippen molar-refractivity contribution in [3.05, 3.63) is 101 Å². The number of benzene rings is 3. The molecule has 0 unspecified atom stereocenters. The summed E-state index contributed by atoms with van der Waals surface area (Å²) in [6.07, 6.45) is 1.57.